The predicted molar refractivity (Wildman–Crippen MR) is 67.8 cm³/mol. The van der Waals surface area contributed by atoms with Crippen LogP contribution < -0.4 is 15.8 Å². The minimum atomic E-state index is -0.435. The highest BCUT2D eigenvalue weighted by Crippen LogP contribution is 2.17. The van der Waals surface area contributed by atoms with Crippen molar-refractivity contribution in [1.29, 1.82) is 0 Å². The summed E-state index contributed by atoms with van der Waals surface area (Å²) in [5.41, 5.74) is 6.69. The van der Waals surface area contributed by atoms with E-state index in [0.29, 0.717) is 6.42 Å². The number of hydrogen-bond donors (Lipinski definition) is 2. The van der Waals surface area contributed by atoms with E-state index in [0.717, 1.165) is 11.3 Å². The quantitative estimate of drug-likeness (QED) is 0.816. The van der Waals surface area contributed by atoms with Gasteiger partial charge in [-0.3, -0.25) is 4.79 Å². The Kier molecular flexibility index (Phi) is 4.97. The number of rotatable bonds is 5. The third-order valence-electron chi connectivity index (χ3n) is 2.75. The van der Waals surface area contributed by atoms with Crippen LogP contribution in [0.2, 0.25) is 0 Å². The van der Waals surface area contributed by atoms with Gasteiger partial charge in [0.25, 0.3) is 0 Å². The number of amides is 1. The second-order valence-corrected chi connectivity index (χ2v) is 4.02. The molecule has 0 aliphatic carbocycles. The molecule has 0 radical (unpaired) electrons. The molecule has 0 bridgehead atoms. The number of ether oxygens (including phenoxy) is 1. The highest BCUT2D eigenvalue weighted by molar-refractivity contribution is 5.81. The molecule has 2 atom stereocenters. The molecule has 0 aliphatic heterocycles. The second kappa shape index (κ2) is 6.25. The van der Waals surface area contributed by atoms with E-state index >= 15 is 0 Å². The topological polar surface area (TPSA) is 64.4 Å². The lowest BCUT2D eigenvalue weighted by molar-refractivity contribution is -0.123. The van der Waals surface area contributed by atoms with Crippen LogP contribution in [0.25, 0.3) is 0 Å². The zero-order valence-electron chi connectivity index (χ0n) is 10.6. The Morgan fingerprint density at radius 1 is 1.41 bits per heavy atom. The van der Waals surface area contributed by atoms with Gasteiger partial charge in [-0.05, 0) is 31.0 Å². The molecule has 4 nitrogen and oxygen atoms in total. The number of hydrogen-bond acceptors (Lipinski definition) is 3. The molecule has 0 aromatic heterocycles. The van der Waals surface area contributed by atoms with Crippen LogP contribution in [-0.4, -0.2) is 19.1 Å². The molecule has 1 unspecified atom stereocenters. The Balaban J connectivity index is 2.63. The molecule has 4 heteroatoms. The summed E-state index contributed by atoms with van der Waals surface area (Å²) in [5.74, 6) is 0.688. The normalized spacial score (nSPS) is 13.9. The van der Waals surface area contributed by atoms with Gasteiger partial charge in [0.2, 0.25) is 5.91 Å². The summed E-state index contributed by atoms with van der Waals surface area (Å²) < 4.78 is 5.08. The van der Waals surface area contributed by atoms with Gasteiger partial charge in [0.05, 0.1) is 19.2 Å². The van der Waals surface area contributed by atoms with E-state index in [2.05, 4.69) is 5.32 Å². The van der Waals surface area contributed by atoms with Gasteiger partial charge < -0.3 is 15.8 Å². The summed E-state index contributed by atoms with van der Waals surface area (Å²) in [4.78, 5) is 11.6. The molecule has 94 valence electrons. The van der Waals surface area contributed by atoms with Crippen LogP contribution >= 0.6 is 0 Å². The van der Waals surface area contributed by atoms with Gasteiger partial charge in [-0.1, -0.05) is 19.1 Å². The van der Waals surface area contributed by atoms with Gasteiger partial charge in [-0.15, -0.1) is 0 Å². The van der Waals surface area contributed by atoms with Crippen LogP contribution in [0.1, 0.15) is 31.9 Å². The summed E-state index contributed by atoms with van der Waals surface area (Å²) in [6.45, 7) is 3.82. The van der Waals surface area contributed by atoms with Crippen LogP contribution in [0.4, 0.5) is 0 Å². The van der Waals surface area contributed by atoms with Gasteiger partial charge in [-0.25, -0.2) is 0 Å². The van der Waals surface area contributed by atoms with Crippen LogP contribution in [0.5, 0.6) is 5.75 Å². The minimum Gasteiger partial charge on any atom is -0.497 e. The van der Waals surface area contributed by atoms with Crippen LogP contribution in [0, 0.1) is 0 Å². The summed E-state index contributed by atoms with van der Waals surface area (Å²) in [5, 5.41) is 2.88. The van der Waals surface area contributed by atoms with E-state index in [4.69, 9.17) is 10.5 Å². The summed E-state index contributed by atoms with van der Waals surface area (Å²) in [6, 6.07) is 7.12. The lowest BCUT2D eigenvalue weighted by atomic mass is 10.1. The van der Waals surface area contributed by atoms with Crippen LogP contribution in [0.3, 0.4) is 0 Å². The van der Waals surface area contributed by atoms with Crippen molar-refractivity contribution in [1.82, 2.24) is 5.32 Å². The fraction of sp³-hybridized carbons (Fsp3) is 0.462. The molecule has 0 saturated heterocycles. The highest BCUT2D eigenvalue weighted by atomic mass is 16.5. The molecule has 0 saturated carbocycles. The molecule has 1 rings (SSSR count). The summed E-state index contributed by atoms with van der Waals surface area (Å²) in [6.07, 6.45) is 0.640. The largest absolute Gasteiger partial charge is 0.497 e. The smallest absolute Gasteiger partial charge is 0.237 e. The second-order valence-electron chi connectivity index (χ2n) is 4.02. The molecule has 0 spiro atoms. The lowest BCUT2D eigenvalue weighted by Crippen LogP contribution is -2.41. The number of nitrogens with two attached hydrogens (primary N) is 1. The van der Waals surface area contributed by atoms with Crippen LogP contribution in [-0.2, 0) is 4.79 Å². The van der Waals surface area contributed by atoms with E-state index in [1.54, 1.807) is 7.11 Å². The molecule has 3 N–H and O–H groups in total. The molecular weight excluding hydrogens is 216 g/mol. The average Bonchev–Trinajstić information content (AvgIpc) is 2.37. The summed E-state index contributed by atoms with van der Waals surface area (Å²) >= 11 is 0. The molecule has 0 fully saturated rings. The van der Waals surface area contributed by atoms with Crippen molar-refractivity contribution in [3.8, 4) is 5.75 Å². The zero-order chi connectivity index (χ0) is 12.8. The van der Waals surface area contributed by atoms with Gasteiger partial charge in [-0.2, -0.15) is 0 Å². The molecular formula is C13H20N2O2. The molecule has 1 amide bonds. The van der Waals surface area contributed by atoms with Crippen molar-refractivity contribution in [3.05, 3.63) is 29.8 Å². The van der Waals surface area contributed by atoms with Gasteiger partial charge in [0.15, 0.2) is 0 Å². The SMILES string of the molecule is CC[C@H](N)C(=O)NC(C)c1ccc(OC)cc1. The van der Waals surface area contributed by atoms with Crippen molar-refractivity contribution in [2.75, 3.05) is 7.11 Å². The van der Waals surface area contributed by atoms with E-state index in [9.17, 15) is 4.79 Å². The van der Waals surface area contributed by atoms with Crippen molar-refractivity contribution in [2.45, 2.75) is 32.4 Å². The van der Waals surface area contributed by atoms with E-state index in [-0.39, 0.29) is 11.9 Å². The molecule has 1 aromatic carbocycles. The minimum absolute atomic E-state index is 0.0500. The third kappa shape index (κ3) is 3.75. The highest BCUT2D eigenvalue weighted by Gasteiger charge is 2.14. The first-order valence-electron chi connectivity index (χ1n) is 5.78. The maximum absolute atomic E-state index is 11.6. The summed E-state index contributed by atoms with van der Waals surface area (Å²) in [7, 11) is 1.63. The number of carbonyl (C=O) groups excluding carboxylic acids is 1. The molecule has 17 heavy (non-hydrogen) atoms. The van der Waals surface area contributed by atoms with Gasteiger partial charge >= 0.3 is 0 Å². The Morgan fingerprint density at radius 3 is 2.47 bits per heavy atom. The van der Waals surface area contributed by atoms with E-state index in [1.807, 2.05) is 38.1 Å². The maximum atomic E-state index is 11.6. The molecule has 1 aromatic rings. The van der Waals surface area contributed by atoms with E-state index < -0.39 is 6.04 Å². The Morgan fingerprint density at radius 2 is 2.00 bits per heavy atom. The number of benzene rings is 1. The zero-order valence-corrected chi connectivity index (χ0v) is 10.6. The van der Waals surface area contributed by atoms with Crippen LogP contribution in [0.15, 0.2) is 24.3 Å². The standard InChI is InChI=1S/C13H20N2O2/c1-4-12(14)13(16)15-9(2)10-5-7-11(17-3)8-6-10/h5-9,12H,4,14H2,1-3H3,(H,15,16)/t9?,12-/m0/s1. The fourth-order valence-electron chi connectivity index (χ4n) is 1.48. The Labute approximate surface area is 102 Å². The molecule has 0 heterocycles. The Hall–Kier alpha value is -1.55. The Bertz CT molecular complexity index is 362. The third-order valence-corrected chi connectivity index (χ3v) is 2.75. The predicted octanol–water partition coefficient (Wildman–Crippen LogP) is 1.61. The van der Waals surface area contributed by atoms with Crippen molar-refractivity contribution >= 4 is 5.91 Å². The van der Waals surface area contributed by atoms with Gasteiger partial charge in [0.1, 0.15) is 5.75 Å². The number of carbonyl (C=O) groups is 1. The maximum Gasteiger partial charge on any atom is 0.237 e. The number of nitrogens with one attached hydrogen (secondary N) is 1. The molecule has 0 aliphatic rings. The van der Waals surface area contributed by atoms with Gasteiger partial charge in [0, 0.05) is 0 Å². The first-order chi connectivity index (χ1) is 8.08. The first kappa shape index (κ1) is 13.5. The lowest BCUT2D eigenvalue weighted by Gasteiger charge is -2.17. The van der Waals surface area contributed by atoms with Crippen molar-refractivity contribution in [3.63, 3.8) is 0 Å². The fourth-order valence-corrected chi connectivity index (χ4v) is 1.48. The average molecular weight is 236 g/mol. The first-order valence-corrected chi connectivity index (χ1v) is 5.78. The van der Waals surface area contributed by atoms with Crippen molar-refractivity contribution < 1.29 is 9.53 Å². The number of methoxy groups -OCH3 is 1. The van der Waals surface area contributed by atoms with E-state index in [1.165, 1.54) is 0 Å². The monoisotopic (exact) mass is 236 g/mol. The van der Waals surface area contributed by atoms with Crippen molar-refractivity contribution in [2.24, 2.45) is 5.73 Å².